The summed E-state index contributed by atoms with van der Waals surface area (Å²) in [6.07, 6.45) is 0. The summed E-state index contributed by atoms with van der Waals surface area (Å²) in [6.45, 7) is 0.531. The van der Waals surface area contributed by atoms with Crippen LogP contribution in [-0.4, -0.2) is 13.7 Å². The summed E-state index contributed by atoms with van der Waals surface area (Å²) in [5, 5.41) is 0. The minimum absolute atomic E-state index is 0.0706. The molecule has 0 aliphatic rings. The van der Waals surface area contributed by atoms with Crippen LogP contribution in [0.3, 0.4) is 0 Å². The van der Waals surface area contributed by atoms with Gasteiger partial charge in [0.1, 0.15) is 0 Å². The van der Waals surface area contributed by atoms with E-state index in [1.54, 1.807) is 7.11 Å². The monoisotopic (exact) mass is 307 g/mol. The Morgan fingerprint density at radius 2 is 1.85 bits per heavy atom. The Bertz CT molecular complexity index is 271. The van der Waals surface area contributed by atoms with Crippen molar-refractivity contribution < 1.29 is 4.74 Å². The third kappa shape index (κ3) is 3.38. The zero-order valence-electron chi connectivity index (χ0n) is 7.26. The lowest BCUT2D eigenvalue weighted by Gasteiger charge is -2.11. The molecule has 2 nitrogen and oxygen atoms in total. The van der Waals surface area contributed by atoms with Gasteiger partial charge >= 0.3 is 0 Å². The van der Waals surface area contributed by atoms with Gasteiger partial charge in [-0.25, -0.2) is 0 Å². The van der Waals surface area contributed by atoms with Crippen LogP contribution in [0.25, 0.3) is 0 Å². The second kappa shape index (κ2) is 5.10. The number of hydrogen-bond acceptors (Lipinski definition) is 2. The van der Waals surface area contributed by atoms with E-state index >= 15 is 0 Å². The molecule has 13 heavy (non-hydrogen) atoms. The van der Waals surface area contributed by atoms with Crippen LogP contribution in [0.1, 0.15) is 11.6 Å². The zero-order valence-corrected chi connectivity index (χ0v) is 10.4. The average Bonchev–Trinajstić information content (AvgIpc) is 2.03. The molecule has 4 heteroatoms. The van der Waals surface area contributed by atoms with Gasteiger partial charge in [-0.3, -0.25) is 0 Å². The van der Waals surface area contributed by atoms with Gasteiger partial charge in [-0.2, -0.15) is 0 Å². The standard InChI is InChI=1S/C9H11Br2NO/c1-13-5-9(12)6-2-7(10)4-8(11)3-6/h2-4,9H,5,12H2,1H3/t9-/m1/s1. The maximum Gasteiger partial charge on any atom is 0.0655 e. The summed E-state index contributed by atoms with van der Waals surface area (Å²) in [7, 11) is 1.65. The van der Waals surface area contributed by atoms with Gasteiger partial charge in [-0.15, -0.1) is 0 Å². The number of halogens is 2. The van der Waals surface area contributed by atoms with Gasteiger partial charge in [0.2, 0.25) is 0 Å². The molecule has 0 fully saturated rings. The fourth-order valence-corrected chi connectivity index (χ4v) is 2.39. The minimum atomic E-state index is -0.0706. The van der Waals surface area contributed by atoms with Crippen molar-refractivity contribution in [1.82, 2.24) is 0 Å². The first-order chi connectivity index (χ1) is 6.13. The summed E-state index contributed by atoms with van der Waals surface area (Å²) in [5.74, 6) is 0. The second-order valence-electron chi connectivity index (χ2n) is 2.76. The molecule has 0 unspecified atom stereocenters. The van der Waals surface area contributed by atoms with Crippen LogP contribution in [0.4, 0.5) is 0 Å². The van der Waals surface area contributed by atoms with Crippen LogP contribution in [0.2, 0.25) is 0 Å². The summed E-state index contributed by atoms with van der Waals surface area (Å²) in [5.41, 5.74) is 6.94. The van der Waals surface area contributed by atoms with Gasteiger partial charge in [0.05, 0.1) is 12.6 Å². The molecule has 1 atom stereocenters. The van der Waals surface area contributed by atoms with E-state index in [4.69, 9.17) is 10.5 Å². The lowest BCUT2D eigenvalue weighted by atomic mass is 10.1. The van der Waals surface area contributed by atoms with Crippen molar-refractivity contribution in [3.63, 3.8) is 0 Å². The highest BCUT2D eigenvalue weighted by atomic mass is 79.9. The summed E-state index contributed by atoms with van der Waals surface area (Å²) in [6, 6.07) is 5.89. The highest BCUT2D eigenvalue weighted by molar-refractivity contribution is 9.11. The molecule has 0 saturated heterocycles. The van der Waals surface area contributed by atoms with Crippen molar-refractivity contribution in [3.8, 4) is 0 Å². The largest absolute Gasteiger partial charge is 0.383 e. The van der Waals surface area contributed by atoms with Gasteiger partial charge in [-0.05, 0) is 23.8 Å². The van der Waals surface area contributed by atoms with E-state index in [2.05, 4.69) is 31.9 Å². The van der Waals surface area contributed by atoms with Crippen molar-refractivity contribution in [2.24, 2.45) is 5.73 Å². The average molecular weight is 309 g/mol. The number of hydrogen-bond donors (Lipinski definition) is 1. The number of benzene rings is 1. The Balaban J connectivity index is 2.87. The highest BCUT2D eigenvalue weighted by Crippen LogP contribution is 2.23. The number of ether oxygens (including phenoxy) is 1. The van der Waals surface area contributed by atoms with E-state index in [-0.39, 0.29) is 6.04 Å². The van der Waals surface area contributed by atoms with E-state index in [9.17, 15) is 0 Å². The maximum atomic E-state index is 5.88. The molecule has 1 rings (SSSR count). The zero-order chi connectivity index (χ0) is 9.84. The number of rotatable bonds is 3. The highest BCUT2D eigenvalue weighted by Gasteiger charge is 2.06. The van der Waals surface area contributed by atoms with Crippen LogP contribution in [0.15, 0.2) is 27.1 Å². The quantitative estimate of drug-likeness (QED) is 0.932. The Labute approximate surface area is 94.7 Å². The Morgan fingerprint density at radius 1 is 1.31 bits per heavy atom. The second-order valence-corrected chi connectivity index (χ2v) is 4.60. The first kappa shape index (κ1) is 11.2. The van der Waals surface area contributed by atoms with Crippen LogP contribution >= 0.6 is 31.9 Å². The van der Waals surface area contributed by atoms with Crippen molar-refractivity contribution >= 4 is 31.9 Å². The SMILES string of the molecule is COC[C@@H](N)c1cc(Br)cc(Br)c1. The Morgan fingerprint density at radius 3 is 2.31 bits per heavy atom. The van der Waals surface area contributed by atoms with Crippen LogP contribution in [0, 0.1) is 0 Å². The molecular formula is C9H11Br2NO. The Hall–Kier alpha value is 0.1000. The number of methoxy groups -OCH3 is 1. The number of nitrogens with two attached hydrogens (primary N) is 1. The first-order valence-corrected chi connectivity index (χ1v) is 5.42. The molecule has 0 aliphatic heterocycles. The van der Waals surface area contributed by atoms with Crippen LogP contribution in [0.5, 0.6) is 0 Å². The van der Waals surface area contributed by atoms with Crippen molar-refractivity contribution in [2.75, 3.05) is 13.7 Å². The maximum absolute atomic E-state index is 5.88. The van der Waals surface area contributed by atoms with Crippen LogP contribution < -0.4 is 5.73 Å². The van der Waals surface area contributed by atoms with E-state index in [1.165, 1.54) is 0 Å². The normalized spacial score (nSPS) is 12.9. The smallest absolute Gasteiger partial charge is 0.0655 e. The fraction of sp³-hybridized carbons (Fsp3) is 0.333. The van der Waals surface area contributed by atoms with Crippen molar-refractivity contribution in [1.29, 1.82) is 0 Å². The molecule has 72 valence electrons. The van der Waals surface area contributed by atoms with Crippen LogP contribution in [-0.2, 0) is 4.74 Å². The summed E-state index contributed by atoms with van der Waals surface area (Å²) in [4.78, 5) is 0. The topological polar surface area (TPSA) is 35.2 Å². The third-order valence-electron chi connectivity index (χ3n) is 1.66. The molecule has 2 N–H and O–H groups in total. The molecule has 0 heterocycles. The van der Waals surface area contributed by atoms with E-state index < -0.39 is 0 Å². The molecule has 0 radical (unpaired) electrons. The van der Waals surface area contributed by atoms with Gasteiger partial charge in [0.25, 0.3) is 0 Å². The predicted molar refractivity (Wildman–Crippen MR) is 60.6 cm³/mol. The molecule has 0 amide bonds. The molecule has 1 aromatic carbocycles. The first-order valence-electron chi connectivity index (χ1n) is 3.84. The fourth-order valence-electron chi connectivity index (χ4n) is 1.07. The minimum Gasteiger partial charge on any atom is -0.383 e. The molecule has 0 bridgehead atoms. The van der Waals surface area contributed by atoms with Crippen molar-refractivity contribution in [2.45, 2.75) is 6.04 Å². The molecule has 0 aliphatic carbocycles. The Kier molecular flexibility index (Phi) is 4.38. The molecule has 0 saturated carbocycles. The lowest BCUT2D eigenvalue weighted by molar-refractivity contribution is 0.181. The predicted octanol–water partition coefficient (Wildman–Crippen LogP) is 2.86. The summed E-state index contributed by atoms with van der Waals surface area (Å²) >= 11 is 6.81. The van der Waals surface area contributed by atoms with Gasteiger partial charge in [-0.1, -0.05) is 31.9 Å². The van der Waals surface area contributed by atoms with E-state index in [1.807, 2.05) is 18.2 Å². The summed E-state index contributed by atoms with van der Waals surface area (Å²) < 4.78 is 7.02. The molecule has 1 aromatic rings. The van der Waals surface area contributed by atoms with Gasteiger partial charge in [0.15, 0.2) is 0 Å². The van der Waals surface area contributed by atoms with Gasteiger partial charge < -0.3 is 10.5 Å². The van der Waals surface area contributed by atoms with E-state index in [0.717, 1.165) is 14.5 Å². The molecule has 0 spiro atoms. The van der Waals surface area contributed by atoms with E-state index in [0.29, 0.717) is 6.61 Å². The van der Waals surface area contributed by atoms with Gasteiger partial charge in [0, 0.05) is 16.1 Å². The van der Waals surface area contributed by atoms with Crippen molar-refractivity contribution in [3.05, 3.63) is 32.7 Å². The third-order valence-corrected chi connectivity index (χ3v) is 2.57. The lowest BCUT2D eigenvalue weighted by Crippen LogP contribution is -2.15. The molecular weight excluding hydrogens is 298 g/mol. The molecule has 0 aromatic heterocycles.